The standard InChI is InChI=1S/C18H20O/c1-4-19-18(17-8-6-5-7-9-17)15(3)16-12-10-14(2)11-13-16/h5-13,18H,3-4H2,1-2H3. The van der Waals surface area contributed by atoms with Crippen molar-refractivity contribution in [2.75, 3.05) is 6.61 Å². The molecule has 2 rings (SSSR count). The Bertz CT molecular complexity index is 525. The molecular weight excluding hydrogens is 232 g/mol. The smallest absolute Gasteiger partial charge is 0.108 e. The number of benzene rings is 2. The maximum atomic E-state index is 5.87. The molecule has 2 aromatic rings. The predicted octanol–water partition coefficient (Wildman–Crippen LogP) is 4.79. The van der Waals surface area contributed by atoms with Crippen molar-refractivity contribution in [1.29, 1.82) is 0 Å². The minimum absolute atomic E-state index is 0.0751. The third kappa shape index (κ3) is 3.33. The maximum Gasteiger partial charge on any atom is 0.108 e. The van der Waals surface area contributed by atoms with Crippen molar-refractivity contribution in [2.45, 2.75) is 20.0 Å². The normalized spacial score (nSPS) is 12.1. The van der Waals surface area contributed by atoms with E-state index in [1.54, 1.807) is 0 Å². The maximum absolute atomic E-state index is 5.87. The summed E-state index contributed by atoms with van der Waals surface area (Å²) in [6.45, 7) is 9.00. The van der Waals surface area contributed by atoms with Crippen LogP contribution in [0.4, 0.5) is 0 Å². The zero-order valence-corrected chi connectivity index (χ0v) is 11.6. The van der Waals surface area contributed by atoms with Crippen molar-refractivity contribution in [1.82, 2.24) is 0 Å². The molecule has 0 spiro atoms. The van der Waals surface area contributed by atoms with Gasteiger partial charge in [-0.15, -0.1) is 0 Å². The molecular formula is C18H20O. The van der Waals surface area contributed by atoms with Crippen molar-refractivity contribution >= 4 is 5.57 Å². The third-order valence-corrected chi connectivity index (χ3v) is 3.17. The monoisotopic (exact) mass is 252 g/mol. The minimum Gasteiger partial charge on any atom is -0.369 e. The summed E-state index contributed by atoms with van der Waals surface area (Å²) in [6.07, 6.45) is -0.0751. The van der Waals surface area contributed by atoms with E-state index in [0.717, 1.165) is 16.7 Å². The molecule has 0 aliphatic heterocycles. The van der Waals surface area contributed by atoms with Crippen molar-refractivity contribution < 1.29 is 4.74 Å². The van der Waals surface area contributed by atoms with Gasteiger partial charge in [-0.05, 0) is 30.5 Å². The summed E-state index contributed by atoms with van der Waals surface area (Å²) in [4.78, 5) is 0. The first-order valence-corrected chi connectivity index (χ1v) is 6.64. The first-order valence-electron chi connectivity index (χ1n) is 6.64. The van der Waals surface area contributed by atoms with E-state index in [1.165, 1.54) is 5.56 Å². The quantitative estimate of drug-likeness (QED) is 0.743. The Hall–Kier alpha value is -1.86. The third-order valence-electron chi connectivity index (χ3n) is 3.17. The van der Waals surface area contributed by atoms with Gasteiger partial charge in [0.05, 0.1) is 0 Å². The fourth-order valence-corrected chi connectivity index (χ4v) is 2.11. The summed E-state index contributed by atoms with van der Waals surface area (Å²) < 4.78 is 5.87. The molecule has 98 valence electrons. The summed E-state index contributed by atoms with van der Waals surface area (Å²) in [6, 6.07) is 18.7. The van der Waals surface area contributed by atoms with Gasteiger partial charge in [-0.1, -0.05) is 66.7 Å². The largest absolute Gasteiger partial charge is 0.369 e. The lowest BCUT2D eigenvalue weighted by atomic mass is 9.96. The van der Waals surface area contributed by atoms with Crippen LogP contribution in [-0.4, -0.2) is 6.61 Å². The van der Waals surface area contributed by atoms with Crippen LogP contribution in [0.15, 0.2) is 61.2 Å². The first-order chi connectivity index (χ1) is 9.22. The van der Waals surface area contributed by atoms with Crippen molar-refractivity contribution in [2.24, 2.45) is 0 Å². The molecule has 0 heterocycles. The van der Waals surface area contributed by atoms with E-state index in [4.69, 9.17) is 4.74 Å². The Balaban J connectivity index is 2.29. The highest BCUT2D eigenvalue weighted by Crippen LogP contribution is 2.31. The molecule has 1 heteroatoms. The second-order valence-electron chi connectivity index (χ2n) is 4.64. The summed E-state index contributed by atoms with van der Waals surface area (Å²) in [7, 11) is 0. The van der Waals surface area contributed by atoms with E-state index >= 15 is 0 Å². The van der Waals surface area contributed by atoms with E-state index in [-0.39, 0.29) is 6.10 Å². The molecule has 2 aromatic carbocycles. The van der Waals surface area contributed by atoms with E-state index in [9.17, 15) is 0 Å². The Morgan fingerprint density at radius 1 is 1.05 bits per heavy atom. The molecule has 0 aliphatic carbocycles. The molecule has 1 atom stereocenters. The average molecular weight is 252 g/mol. The summed E-state index contributed by atoms with van der Waals surface area (Å²) >= 11 is 0. The molecule has 0 bridgehead atoms. The molecule has 1 unspecified atom stereocenters. The van der Waals surface area contributed by atoms with Crippen LogP contribution in [-0.2, 0) is 4.74 Å². The number of hydrogen-bond acceptors (Lipinski definition) is 1. The topological polar surface area (TPSA) is 9.23 Å². The highest BCUT2D eigenvalue weighted by Gasteiger charge is 2.16. The Morgan fingerprint density at radius 2 is 1.68 bits per heavy atom. The molecule has 0 saturated carbocycles. The van der Waals surface area contributed by atoms with E-state index in [1.807, 2.05) is 25.1 Å². The predicted molar refractivity (Wildman–Crippen MR) is 81.0 cm³/mol. The van der Waals surface area contributed by atoms with Crippen LogP contribution < -0.4 is 0 Å². The zero-order valence-electron chi connectivity index (χ0n) is 11.6. The SMILES string of the molecule is C=C(c1ccc(C)cc1)C(OCC)c1ccccc1. The van der Waals surface area contributed by atoms with Crippen LogP contribution in [0.1, 0.15) is 29.7 Å². The highest BCUT2D eigenvalue weighted by molar-refractivity contribution is 5.68. The minimum atomic E-state index is -0.0751. The van der Waals surface area contributed by atoms with Gasteiger partial charge in [-0.25, -0.2) is 0 Å². The zero-order chi connectivity index (χ0) is 13.7. The van der Waals surface area contributed by atoms with Crippen LogP contribution in [0.25, 0.3) is 5.57 Å². The fourth-order valence-electron chi connectivity index (χ4n) is 2.11. The van der Waals surface area contributed by atoms with Gasteiger partial charge in [0.1, 0.15) is 6.10 Å². The van der Waals surface area contributed by atoms with Crippen molar-refractivity contribution in [3.05, 3.63) is 77.9 Å². The van der Waals surface area contributed by atoms with Crippen LogP contribution >= 0.6 is 0 Å². The molecule has 0 radical (unpaired) electrons. The molecule has 0 fully saturated rings. The lowest BCUT2D eigenvalue weighted by molar-refractivity contribution is 0.104. The summed E-state index contributed by atoms with van der Waals surface area (Å²) in [5, 5.41) is 0. The van der Waals surface area contributed by atoms with Crippen molar-refractivity contribution in [3.63, 3.8) is 0 Å². The molecule has 0 N–H and O–H groups in total. The summed E-state index contributed by atoms with van der Waals surface area (Å²) in [5.41, 5.74) is 4.54. The van der Waals surface area contributed by atoms with Gasteiger partial charge >= 0.3 is 0 Å². The fraction of sp³-hybridized carbons (Fsp3) is 0.222. The van der Waals surface area contributed by atoms with Gasteiger partial charge in [0, 0.05) is 6.61 Å². The number of aryl methyl sites for hydroxylation is 1. The molecule has 0 saturated heterocycles. The molecule has 0 aliphatic rings. The Labute approximate surface area is 115 Å². The van der Waals surface area contributed by atoms with Gasteiger partial charge in [0.2, 0.25) is 0 Å². The second-order valence-corrected chi connectivity index (χ2v) is 4.64. The van der Waals surface area contributed by atoms with Crippen LogP contribution in [0, 0.1) is 6.92 Å². The summed E-state index contributed by atoms with van der Waals surface area (Å²) in [5.74, 6) is 0. The molecule has 1 nitrogen and oxygen atoms in total. The van der Waals surface area contributed by atoms with Crippen LogP contribution in [0.2, 0.25) is 0 Å². The highest BCUT2D eigenvalue weighted by atomic mass is 16.5. The number of hydrogen-bond donors (Lipinski definition) is 0. The van der Waals surface area contributed by atoms with Gasteiger partial charge in [0.25, 0.3) is 0 Å². The molecule has 19 heavy (non-hydrogen) atoms. The van der Waals surface area contributed by atoms with E-state index in [2.05, 4.69) is 49.9 Å². The number of ether oxygens (including phenoxy) is 1. The molecule has 0 amide bonds. The van der Waals surface area contributed by atoms with Crippen LogP contribution in [0.5, 0.6) is 0 Å². The average Bonchev–Trinajstić information content (AvgIpc) is 2.46. The second kappa shape index (κ2) is 6.35. The van der Waals surface area contributed by atoms with Crippen LogP contribution in [0.3, 0.4) is 0 Å². The van der Waals surface area contributed by atoms with Gasteiger partial charge in [-0.2, -0.15) is 0 Å². The first kappa shape index (κ1) is 13.6. The van der Waals surface area contributed by atoms with Gasteiger partial charge < -0.3 is 4.74 Å². The lowest BCUT2D eigenvalue weighted by Gasteiger charge is -2.20. The number of rotatable bonds is 5. The van der Waals surface area contributed by atoms with E-state index < -0.39 is 0 Å². The lowest BCUT2D eigenvalue weighted by Crippen LogP contribution is -2.06. The van der Waals surface area contributed by atoms with Gasteiger partial charge in [-0.3, -0.25) is 0 Å². The van der Waals surface area contributed by atoms with Gasteiger partial charge in [0.15, 0.2) is 0 Å². The van der Waals surface area contributed by atoms with Crippen molar-refractivity contribution in [3.8, 4) is 0 Å². The van der Waals surface area contributed by atoms with E-state index in [0.29, 0.717) is 6.61 Å². The Kier molecular flexibility index (Phi) is 4.53. The molecule has 0 aromatic heterocycles. The Morgan fingerprint density at radius 3 is 2.26 bits per heavy atom.